The van der Waals surface area contributed by atoms with Crippen LogP contribution < -0.4 is 19.9 Å². The average molecular weight is 473 g/mol. The minimum absolute atomic E-state index is 0.128. The summed E-state index contributed by atoms with van der Waals surface area (Å²) in [4.78, 5) is 22.5. The molecule has 2 bridgehead atoms. The zero-order chi connectivity index (χ0) is 23.2. The van der Waals surface area contributed by atoms with E-state index in [0.29, 0.717) is 41.8 Å². The fourth-order valence-electron chi connectivity index (χ4n) is 4.98. The quantitative estimate of drug-likeness (QED) is 0.598. The van der Waals surface area contributed by atoms with Crippen LogP contribution in [0.5, 0.6) is 5.75 Å². The Morgan fingerprint density at radius 2 is 1.65 bits per heavy atom. The van der Waals surface area contributed by atoms with Crippen molar-refractivity contribution < 1.29 is 18.3 Å². The first-order chi connectivity index (χ1) is 16.6. The first-order valence-corrected chi connectivity index (χ1v) is 11.6. The molecule has 5 heterocycles. The molecular formula is C22H26F2N8O2. The number of alkyl halides is 2. The molecule has 2 unspecified atom stereocenters. The zero-order valence-electron chi connectivity index (χ0n) is 18.8. The number of halogens is 2. The third kappa shape index (κ3) is 3.70. The predicted octanol–water partition coefficient (Wildman–Crippen LogP) is 1.93. The molecule has 0 amide bonds. The van der Waals surface area contributed by atoms with E-state index in [1.165, 1.54) is 11.7 Å². The number of morpholine rings is 1. The van der Waals surface area contributed by atoms with Gasteiger partial charge in [0.25, 0.3) is 6.43 Å². The summed E-state index contributed by atoms with van der Waals surface area (Å²) >= 11 is 0. The van der Waals surface area contributed by atoms with E-state index in [1.807, 2.05) is 0 Å². The van der Waals surface area contributed by atoms with Crippen LogP contribution in [0.3, 0.4) is 0 Å². The number of rotatable bonds is 5. The van der Waals surface area contributed by atoms with Crippen LogP contribution >= 0.6 is 0 Å². The molecule has 10 nitrogen and oxygen atoms in total. The highest BCUT2D eigenvalue weighted by atomic mass is 19.3. The molecule has 180 valence electrons. The van der Waals surface area contributed by atoms with Gasteiger partial charge in [-0.15, -0.1) is 0 Å². The highest BCUT2D eigenvalue weighted by Gasteiger charge is 2.36. The van der Waals surface area contributed by atoms with Crippen molar-refractivity contribution in [2.45, 2.75) is 31.5 Å². The minimum atomic E-state index is -2.82. The van der Waals surface area contributed by atoms with Gasteiger partial charge in [0.05, 0.1) is 24.8 Å². The number of fused-ring (bicyclic) bond motifs is 3. The molecule has 3 aliphatic rings. The molecule has 6 rings (SSSR count). The van der Waals surface area contributed by atoms with Crippen molar-refractivity contribution in [1.29, 1.82) is 0 Å². The summed E-state index contributed by atoms with van der Waals surface area (Å²) in [6.07, 6.45) is -0.538. The van der Waals surface area contributed by atoms with Crippen molar-refractivity contribution in [3.63, 3.8) is 0 Å². The molecule has 12 heteroatoms. The summed E-state index contributed by atoms with van der Waals surface area (Å²) in [5.74, 6) is 1.07. The van der Waals surface area contributed by atoms with Gasteiger partial charge in [-0.3, -0.25) is 4.57 Å². The summed E-state index contributed by atoms with van der Waals surface area (Å²) in [7, 11) is 1.49. The number of ether oxygens (including phenoxy) is 2. The number of hydrogen-bond acceptors (Lipinski definition) is 9. The van der Waals surface area contributed by atoms with Crippen LogP contribution in [-0.4, -0.2) is 83.1 Å². The van der Waals surface area contributed by atoms with Crippen molar-refractivity contribution in [2.75, 3.05) is 56.2 Å². The zero-order valence-corrected chi connectivity index (χ0v) is 18.8. The second-order valence-corrected chi connectivity index (χ2v) is 8.77. The lowest BCUT2D eigenvalue weighted by molar-refractivity contribution is 0.0299. The Morgan fingerprint density at radius 3 is 2.32 bits per heavy atom. The molecular weight excluding hydrogens is 446 g/mol. The Kier molecular flexibility index (Phi) is 5.41. The SMILES string of the molecule is COc1cccc2c1nc(C(F)F)n2-c1nc(N2CCNCC2)nc(N2CC3CCC(C2)O3)n1. The van der Waals surface area contributed by atoms with E-state index in [9.17, 15) is 8.78 Å². The summed E-state index contributed by atoms with van der Waals surface area (Å²) in [5.41, 5.74) is 0.801. The molecule has 3 fully saturated rings. The Morgan fingerprint density at radius 1 is 0.971 bits per heavy atom. The van der Waals surface area contributed by atoms with Gasteiger partial charge in [0.1, 0.15) is 11.3 Å². The van der Waals surface area contributed by atoms with E-state index in [-0.39, 0.29) is 18.2 Å². The fraction of sp³-hybridized carbons (Fsp3) is 0.545. The molecule has 34 heavy (non-hydrogen) atoms. The number of methoxy groups -OCH3 is 1. The number of aromatic nitrogens is 5. The number of benzene rings is 1. The number of anilines is 2. The highest BCUT2D eigenvalue weighted by Crippen LogP contribution is 2.33. The maximum atomic E-state index is 14.2. The first-order valence-electron chi connectivity index (χ1n) is 11.6. The van der Waals surface area contributed by atoms with Crippen LogP contribution in [-0.2, 0) is 4.74 Å². The maximum absolute atomic E-state index is 14.2. The lowest BCUT2D eigenvalue weighted by atomic mass is 10.2. The van der Waals surface area contributed by atoms with Gasteiger partial charge in [0.2, 0.25) is 17.8 Å². The lowest BCUT2D eigenvalue weighted by Gasteiger charge is -2.33. The molecule has 0 saturated carbocycles. The molecule has 3 aromatic rings. The molecule has 0 radical (unpaired) electrons. The normalized spacial score (nSPS) is 22.7. The number of nitrogens with one attached hydrogen (secondary N) is 1. The highest BCUT2D eigenvalue weighted by molar-refractivity contribution is 5.84. The Hall–Kier alpha value is -3.12. The number of hydrogen-bond donors (Lipinski definition) is 1. The van der Waals surface area contributed by atoms with E-state index in [1.54, 1.807) is 18.2 Å². The minimum Gasteiger partial charge on any atom is -0.494 e. The third-order valence-corrected chi connectivity index (χ3v) is 6.62. The Balaban J connectivity index is 1.52. The Bertz CT molecular complexity index is 1190. The summed E-state index contributed by atoms with van der Waals surface area (Å²) in [5, 5.41) is 3.32. The van der Waals surface area contributed by atoms with Crippen LogP contribution in [0.1, 0.15) is 25.1 Å². The monoisotopic (exact) mass is 472 g/mol. The van der Waals surface area contributed by atoms with E-state index in [0.717, 1.165) is 39.0 Å². The molecule has 0 aliphatic carbocycles. The van der Waals surface area contributed by atoms with Crippen LogP contribution in [0, 0.1) is 0 Å². The van der Waals surface area contributed by atoms with E-state index in [4.69, 9.17) is 19.4 Å². The second-order valence-electron chi connectivity index (χ2n) is 8.77. The van der Waals surface area contributed by atoms with E-state index < -0.39 is 12.2 Å². The van der Waals surface area contributed by atoms with Gasteiger partial charge >= 0.3 is 0 Å². The van der Waals surface area contributed by atoms with Gasteiger partial charge < -0.3 is 24.6 Å². The molecule has 2 atom stereocenters. The van der Waals surface area contributed by atoms with Crippen LogP contribution in [0.25, 0.3) is 17.0 Å². The van der Waals surface area contributed by atoms with Gasteiger partial charge in [-0.05, 0) is 25.0 Å². The number of nitrogens with zero attached hydrogens (tertiary/aromatic N) is 7. The summed E-state index contributed by atoms with van der Waals surface area (Å²) < 4.78 is 41.0. The van der Waals surface area contributed by atoms with Gasteiger partial charge in [-0.25, -0.2) is 13.8 Å². The van der Waals surface area contributed by atoms with Gasteiger partial charge in [-0.1, -0.05) is 6.07 Å². The summed E-state index contributed by atoms with van der Waals surface area (Å²) in [6.45, 7) is 4.37. The molecule has 1 aromatic carbocycles. The van der Waals surface area contributed by atoms with Gasteiger partial charge in [0.15, 0.2) is 5.82 Å². The van der Waals surface area contributed by atoms with Crippen molar-refractivity contribution in [3.8, 4) is 11.7 Å². The molecule has 3 aliphatic heterocycles. The third-order valence-electron chi connectivity index (χ3n) is 6.62. The van der Waals surface area contributed by atoms with E-state index >= 15 is 0 Å². The predicted molar refractivity (Wildman–Crippen MR) is 121 cm³/mol. The van der Waals surface area contributed by atoms with E-state index in [2.05, 4.69) is 25.1 Å². The van der Waals surface area contributed by atoms with Gasteiger partial charge in [-0.2, -0.15) is 15.0 Å². The lowest BCUT2D eigenvalue weighted by Crippen LogP contribution is -2.46. The number of para-hydroxylation sites is 1. The average Bonchev–Trinajstić information content (AvgIpc) is 3.43. The Labute approximate surface area is 194 Å². The topological polar surface area (TPSA) is 93.5 Å². The largest absolute Gasteiger partial charge is 0.494 e. The van der Waals surface area contributed by atoms with Crippen molar-refractivity contribution in [2.24, 2.45) is 0 Å². The van der Waals surface area contributed by atoms with Crippen molar-refractivity contribution in [3.05, 3.63) is 24.0 Å². The summed E-state index contributed by atoms with van der Waals surface area (Å²) in [6, 6.07) is 5.16. The number of imidazole rings is 1. The van der Waals surface area contributed by atoms with Crippen LogP contribution in [0.2, 0.25) is 0 Å². The molecule has 2 aromatic heterocycles. The van der Waals surface area contributed by atoms with Crippen LogP contribution in [0.4, 0.5) is 20.7 Å². The molecule has 1 N–H and O–H groups in total. The first kappa shape index (κ1) is 21.4. The fourth-order valence-corrected chi connectivity index (χ4v) is 4.98. The second kappa shape index (κ2) is 8.58. The van der Waals surface area contributed by atoms with Crippen molar-refractivity contribution >= 4 is 22.9 Å². The molecule has 3 saturated heterocycles. The van der Waals surface area contributed by atoms with Crippen molar-refractivity contribution in [1.82, 2.24) is 29.8 Å². The number of piperazine rings is 1. The maximum Gasteiger partial charge on any atom is 0.296 e. The van der Waals surface area contributed by atoms with Gasteiger partial charge in [0, 0.05) is 39.3 Å². The molecule has 0 spiro atoms. The smallest absolute Gasteiger partial charge is 0.296 e. The van der Waals surface area contributed by atoms with Crippen LogP contribution in [0.15, 0.2) is 18.2 Å². The standard InChI is InChI=1S/C22H26F2N8O2/c1-33-16-4-2-3-15-17(16)26-19(18(23)24)32(15)22-28-20(30-9-7-25-8-10-30)27-21(29-22)31-11-13-5-6-14(12-31)34-13/h2-4,13-14,18,25H,5-12H2,1H3.